The first-order valence-electron chi connectivity index (χ1n) is 12.6. The summed E-state index contributed by atoms with van der Waals surface area (Å²) in [6, 6.07) is 14.1. The third kappa shape index (κ3) is 3.93. The second kappa shape index (κ2) is 9.51. The number of aliphatic hydroxyl groups excluding tert-OH is 1. The van der Waals surface area contributed by atoms with E-state index in [1.54, 1.807) is 0 Å². The molecule has 3 aliphatic rings. The number of nitrogens with zero attached hydrogens (tertiary/aromatic N) is 3. The molecule has 2 fully saturated rings. The van der Waals surface area contributed by atoms with Crippen LogP contribution in [0.25, 0.3) is 6.08 Å². The molecule has 0 saturated carbocycles. The van der Waals surface area contributed by atoms with Gasteiger partial charge in [-0.3, -0.25) is 14.5 Å². The summed E-state index contributed by atoms with van der Waals surface area (Å²) < 4.78 is 1.85. The van der Waals surface area contributed by atoms with E-state index >= 15 is 0 Å². The normalized spacial score (nSPS) is 27.3. The second-order valence-corrected chi connectivity index (χ2v) is 10.2. The molecule has 34 heavy (non-hydrogen) atoms. The Hall–Kier alpha value is -2.70. The van der Waals surface area contributed by atoms with Crippen LogP contribution in [0, 0.1) is 17.8 Å². The van der Waals surface area contributed by atoms with E-state index < -0.39 is 0 Å². The lowest BCUT2D eigenvalue weighted by atomic mass is 9.86. The number of rotatable bonds is 5. The van der Waals surface area contributed by atoms with E-state index in [0.717, 1.165) is 38.0 Å². The van der Waals surface area contributed by atoms with Gasteiger partial charge in [0, 0.05) is 49.3 Å². The Morgan fingerprint density at radius 3 is 2.53 bits per heavy atom. The van der Waals surface area contributed by atoms with Crippen molar-refractivity contribution < 1.29 is 9.90 Å². The average molecular weight is 462 g/mol. The maximum absolute atomic E-state index is 13.7. The molecule has 3 aliphatic heterocycles. The predicted octanol–water partition coefficient (Wildman–Crippen LogP) is 2.96. The zero-order valence-electron chi connectivity index (χ0n) is 20.1. The Morgan fingerprint density at radius 1 is 1.12 bits per heavy atom. The largest absolute Gasteiger partial charge is 0.396 e. The molecule has 2 aromatic rings. The van der Waals surface area contributed by atoms with Gasteiger partial charge in [-0.2, -0.15) is 0 Å². The van der Waals surface area contributed by atoms with Crippen LogP contribution in [-0.2, 0) is 17.8 Å². The van der Waals surface area contributed by atoms with Crippen LogP contribution in [0.1, 0.15) is 42.6 Å². The molecular weight excluding hydrogens is 426 g/mol. The molecule has 0 spiro atoms. The molecule has 0 radical (unpaired) electrons. The summed E-state index contributed by atoms with van der Waals surface area (Å²) in [6.45, 7) is 3.97. The van der Waals surface area contributed by atoms with Crippen LogP contribution in [0.4, 0.5) is 0 Å². The Morgan fingerprint density at radius 2 is 1.85 bits per heavy atom. The van der Waals surface area contributed by atoms with Gasteiger partial charge in [-0.1, -0.05) is 42.5 Å². The summed E-state index contributed by atoms with van der Waals surface area (Å²) >= 11 is 0. The number of piperidine rings is 1. The van der Waals surface area contributed by atoms with Gasteiger partial charge in [0.1, 0.15) is 0 Å². The molecule has 0 unspecified atom stereocenters. The number of carbonyl (C=O) groups is 1. The van der Waals surface area contributed by atoms with Gasteiger partial charge in [-0.25, -0.2) is 0 Å². The standard InChI is InChI=1S/C28H35N3O3/c1-3-7-21-10-11-24-25-22(17-31(24)27(21)33)23(18-32)26(29(25)2)28(34)30-14-12-20(13-15-30)16-19-8-5-4-6-9-19/h3-11,20,22-23,25-26,32H,12-18H2,1-2H3/t22-,23-,25+,26-/m1/s1. The van der Waals surface area contributed by atoms with Crippen LogP contribution in [0.15, 0.2) is 53.3 Å². The van der Waals surface area contributed by atoms with Gasteiger partial charge in [-0.05, 0) is 56.8 Å². The molecule has 0 aliphatic carbocycles. The summed E-state index contributed by atoms with van der Waals surface area (Å²) in [5, 5.41) is 10.3. The number of likely N-dealkylation sites (N-methyl/N-ethyl adjacent to an activating group) is 1. The molecule has 1 aromatic carbocycles. The quantitative estimate of drug-likeness (QED) is 0.744. The minimum absolute atomic E-state index is 0.0125. The van der Waals surface area contributed by atoms with Gasteiger partial charge in [0.15, 0.2) is 0 Å². The Labute approximate surface area is 201 Å². The van der Waals surface area contributed by atoms with Gasteiger partial charge in [-0.15, -0.1) is 0 Å². The maximum atomic E-state index is 13.7. The highest BCUT2D eigenvalue weighted by Crippen LogP contribution is 2.48. The predicted molar refractivity (Wildman–Crippen MR) is 133 cm³/mol. The molecule has 1 N–H and O–H groups in total. The summed E-state index contributed by atoms with van der Waals surface area (Å²) in [5.41, 5.74) is 3.02. The van der Waals surface area contributed by atoms with Crippen LogP contribution in [0.3, 0.4) is 0 Å². The highest BCUT2D eigenvalue weighted by atomic mass is 16.3. The third-order valence-corrected chi connectivity index (χ3v) is 8.28. The van der Waals surface area contributed by atoms with E-state index in [9.17, 15) is 14.7 Å². The minimum atomic E-state index is -0.343. The molecule has 180 valence electrons. The number of fused-ring (bicyclic) bond motifs is 3. The monoisotopic (exact) mass is 461 g/mol. The Balaban J connectivity index is 1.30. The second-order valence-electron chi connectivity index (χ2n) is 10.2. The zero-order valence-corrected chi connectivity index (χ0v) is 20.1. The number of carbonyl (C=O) groups excluding carboxylic acids is 1. The zero-order chi connectivity index (χ0) is 23.8. The van der Waals surface area contributed by atoms with Crippen molar-refractivity contribution in [2.45, 2.75) is 44.8 Å². The van der Waals surface area contributed by atoms with Crippen molar-refractivity contribution in [2.24, 2.45) is 17.8 Å². The third-order valence-electron chi connectivity index (χ3n) is 8.28. The highest BCUT2D eigenvalue weighted by molar-refractivity contribution is 5.83. The van der Waals surface area contributed by atoms with Crippen LogP contribution < -0.4 is 5.56 Å². The molecule has 1 aromatic heterocycles. The van der Waals surface area contributed by atoms with Gasteiger partial charge in [0.2, 0.25) is 5.91 Å². The number of aromatic nitrogens is 1. The lowest BCUT2D eigenvalue weighted by Gasteiger charge is -2.37. The summed E-state index contributed by atoms with van der Waals surface area (Å²) in [6.07, 6.45) is 6.81. The molecule has 5 rings (SSSR count). The molecule has 4 atom stereocenters. The van der Waals surface area contributed by atoms with E-state index in [1.807, 2.05) is 53.8 Å². The average Bonchev–Trinajstić information content (AvgIpc) is 3.37. The first-order valence-corrected chi connectivity index (χ1v) is 12.6. The fourth-order valence-electron chi connectivity index (χ4n) is 6.57. The molecular formula is C28H35N3O3. The highest BCUT2D eigenvalue weighted by Gasteiger charge is 2.55. The molecule has 1 amide bonds. The fraction of sp³-hybridized carbons (Fsp3) is 0.500. The Kier molecular flexibility index (Phi) is 6.45. The number of pyridine rings is 1. The van der Waals surface area contributed by atoms with E-state index in [2.05, 4.69) is 29.2 Å². The number of benzene rings is 1. The van der Waals surface area contributed by atoms with Gasteiger partial charge >= 0.3 is 0 Å². The van der Waals surface area contributed by atoms with E-state index in [0.29, 0.717) is 18.0 Å². The van der Waals surface area contributed by atoms with Crippen LogP contribution in [-0.4, -0.2) is 58.2 Å². The number of aliphatic hydroxyl groups is 1. The van der Waals surface area contributed by atoms with Crippen molar-refractivity contribution in [3.8, 4) is 0 Å². The van der Waals surface area contributed by atoms with E-state index in [-0.39, 0.29) is 42.0 Å². The molecule has 2 saturated heterocycles. The van der Waals surface area contributed by atoms with E-state index in [4.69, 9.17) is 0 Å². The van der Waals surface area contributed by atoms with Crippen LogP contribution >= 0.6 is 0 Å². The Bertz CT molecular complexity index is 1120. The smallest absolute Gasteiger partial charge is 0.258 e. The van der Waals surface area contributed by atoms with Crippen LogP contribution in [0.2, 0.25) is 0 Å². The van der Waals surface area contributed by atoms with Gasteiger partial charge in [0.25, 0.3) is 5.56 Å². The number of likely N-dealkylation sites (tertiary alicyclic amines) is 2. The van der Waals surface area contributed by atoms with E-state index in [1.165, 1.54) is 5.56 Å². The summed E-state index contributed by atoms with van der Waals surface area (Å²) in [5.74, 6) is 0.626. The number of hydrogen-bond donors (Lipinski definition) is 1. The fourth-order valence-corrected chi connectivity index (χ4v) is 6.57. The lowest BCUT2D eigenvalue weighted by Crippen LogP contribution is -2.51. The first kappa shape index (κ1) is 23.1. The number of amides is 1. The minimum Gasteiger partial charge on any atom is -0.396 e. The first-order chi connectivity index (χ1) is 16.5. The molecule has 6 nitrogen and oxygen atoms in total. The van der Waals surface area contributed by atoms with Crippen molar-refractivity contribution in [3.05, 3.63) is 75.7 Å². The maximum Gasteiger partial charge on any atom is 0.258 e. The van der Waals surface area contributed by atoms with Crippen molar-refractivity contribution in [1.29, 1.82) is 0 Å². The number of allylic oxidation sites excluding steroid dienone is 1. The topological polar surface area (TPSA) is 65.8 Å². The molecule has 6 heteroatoms. The van der Waals surface area contributed by atoms with Crippen molar-refractivity contribution in [3.63, 3.8) is 0 Å². The molecule has 0 bridgehead atoms. The van der Waals surface area contributed by atoms with Gasteiger partial charge in [0.05, 0.1) is 12.1 Å². The van der Waals surface area contributed by atoms with Gasteiger partial charge < -0.3 is 14.6 Å². The number of hydrogen-bond acceptors (Lipinski definition) is 4. The summed E-state index contributed by atoms with van der Waals surface area (Å²) in [7, 11) is 1.98. The summed E-state index contributed by atoms with van der Waals surface area (Å²) in [4.78, 5) is 30.8. The van der Waals surface area contributed by atoms with Crippen molar-refractivity contribution in [2.75, 3.05) is 26.7 Å². The van der Waals surface area contributed by atoms with Crippen molar-refractivity contribution >= 4 is 12.0 Å². The lowest BCUT2D eigenvalue weighted by molar-refractivity contribution is -0.139. The molecule has 4 heterocycles. The SMILES string of the molecule is CC=Cc1ccc2n(c1=O)C[C@@H]1[C@@H](CO)[C@H](C(=O)N3CCC(Cc4ccccc4)CC3)N(C)[C@H]21. The van der Waals surface area contributed by atoms with Crippen molar-refractivity contribution in [1.82, 2.24) is 14.4 Å². The van der Waals surface area contributed by atoms with Crippen LogP contribution in [0.5, 0.6) is 0 Å².